The summed E-state index contributed by atoms with van der Waals surface area (Å²) in [6.07, 6.45) is 0. The van der Waals surface area contributed by atoms with Gasteiger partial charge in [-0.05, 0) is 69.6 Å². The number of nitrogens with zero attached hydrogens (tertiary/aromatic N) is 3. The lowest BCUT2D eigenvalue weighted by atomic mass is 9.81. The third-order valence-electron chi connectivity index (χ3n) is 4.12. The molecule has 0 amide bonds. The number of rotatable bonds is 3. The molecule has 0 aliphatic carbocycles. The van der Waals surface area contributed by atoms with Gasteiger partial charge in [0.1, 0.15) is 11.6 Å². The van der Waals surface area contributed by atoms with Gasteiger partial charge in [0.2, 0.25) is 0 Å². The van der Waals surface area contributed by atoms with Gasteiger partial charge in [-0.3, -0.25) is 0 Å². The summed E-state index contributed by atoms with van der Waals surface area (Å²) in [5.74, 6) is 1.36. The summed E-state index contributed by atoms with van der Waals surface area (Å²) < 4.78 is 4.01. The van der Waals surface area contributed by atoms with E-state index >= 15 is 0 Å². The monoisotopic (exact) mass is 309 g/mol. The molecule has 118 valence electrons. The van der Waals surface area contributed by atoms with Gasteiger partial charge in [0, 0.05) is 22.8 Å². The summed E-state index contributed by atoms with van der Waals surface area (Å²) in [5.41, 5.74) is 4.61. The summed E-state index contributed by atoms with van der Waals surface area (Å²) in [5, 5.41) is 19.3. The first-order chi connectivity index (χ1) is 10.9. The van der Waals surface area contributed by atoms with Crippen LogP contribution in [0.4, 0.5) is 0 Å². The highest BCUT2D eigenvalue weighted by Crippen LogP contribution is 2.18. The lowest BCUT2D eigenvalue weighted by Crippen LogP contribution is -2.31. The average Bonchev–Trinajstić information content (AvgIpc) is 3.01. The van der Waals surface area contributed by atoms with E-state index in [2.05, 4.69) is 0 Å². The molecule has 0 unspecified atom stereocenters. The van der Waals surface area contributed by atoms with Crippen molar-refractivity contribution in [3.8, 4) is 11.6 Å². The molecule has 0 saturated heterocycles. The normalized spacial score (nSPS) is 11.0. The van der Waals surface area contributed by atoms with Crippen LogP contribution in [0.25, 0.3) is 11.6 Å². The second-order valence-corrected chi connectivity index (χ2v) is 5.89. The molecule has 3 aromatic rings. The van der Waals surface area contributed by atoms with Crippen LogP contribution in [-0.2, 0) is 0 Å². The highest BCUT2D eigenvalue weighted by molar-refractivity contribution is 6.58. The lowest BCUT2D eigenvalue weighted by molar-refractivity contribution is 0.425. The van der Waals surface area contributed by atoms with Crippen molar-refractivity contribution in [1.29, 1.82) is 0 Å². The Morgan fingerprint density at radius 1 is 0.739 bits per heavy atom. The van der Waals surface area contributed by atoms with Crippen LogP contribution in [0.15, 0.2) is 36.4 Å². The second-order valence-electron chi connectivity index (χ2n) is 5.89. The van der Waals surface area contributed by atoms with Crippen molar-refractivity contribution in [2.24, 2.45) is 0 Å². The maximum absolute atomic E-state index is 9.65. The predicted molar refractivity (Wildman–Crippen MR) is 91.7 cm³/mol. The van der Waals surface area contributed by atoms with E-state index in [0.29, 0.717) is 17.1 Å². The van der Waals surface area contributed by atoms with E-state index in [0.717, 1.165) is 22.8 Å². The minimum atomic E-state index is -1.54. The van der Waals surface area contributed by atoms with E-state index in [4.69, 9.17) is 4.98 Å². The van der Waals surface area contributed by atoms with Gasteiger partial charge in [0.15, 0.2) is 0 Å². The third-order valence-corrected chi connectivity index (χ3v) is 4.12. The van der Waals surface area contributed by atoms with Crippen molar-refractivity contribution in [3.05, 3.63) is 59.2 Å². The van der Waals surface area contributed by atoms with Gasteiger partial charge in [0.05, 0.1) is 0 Å². The summed E-state index contributed by atoms with van der Waals surface area (Å²) in [7, 11) is -1.54. The molecule has 0 fully saturated rings. The molecule has 3 rings (SSSR count). The fourth-order valence-electron chi connectivity index (χ4n) is 2.96. The molecule has 3 aromatic heterocycles. The number of hydrogen-bond acceptors (Lipinski definition) is 3. The Balaban J connectivity index is 2.27. The highest BCUT2D eigenvalue weighted by atomic mass is 16.4. The van der Waals surface area contributed by atoms with Crippen LogP contribution in [0.3, 0.4) is 0 Å². The number of pyridine rings is 1. The minimum Gasteiger partial charge on any atom is -0.423 e. The fourth-order valence-corrected chi connectivity index (χ4v) is 2.96. The molecule has 0 aliphatic heterocycles. The summed E-state index contributed by atoms with van der Waals surface area (Å²) in [6, 6.07) is 11.5. The molecular formula is C17H20BN3O2. The molecule has 0 aliphatic rings. The van der Waals surface area contributed by atoms with Gasteiger partial charge >= 0.3 is 7.12 Å². The fraction of sp³-hybridized carbons (Fsp3) is 0.235. The van der Waals surface area contributed by atoms with Gasteiger partial charge in [-0.25, -0.2) is 4.98 Å². The first kappa shape index (κ1) is 15.6. The van der Waals surface area contributed by atoms with Crippen molar-refractivity contribution in [2.45, 2.75) is 27.7 Å². The Bertz CT molecular complexity index is 761. The van der Waals surface area contributed by atoms with Crippen molar-refractivity contribution in [2.75, 3.05) is 0 Å². The largest absolute Gasteiger partial charge is 0.488 e. The van der Waals surface area contributed by atoms with Crippen LogP contribution in [0.1, 0.15) is 22.8 Å². The van der Waals surface area contributed by atoms with E-state index in [1.54, 1.807) is 12.1 Å². The zero-order valence-electron chi connectivity index (χ0n) is 13.8. The highest BCUT2D eigenvalue weighted by Gasteiger charge is 2.18. The minimum absolute atomic E-state index is 0.421. The Morgan fingerprint density at radius 2 is 1.09 bits per heavy atom. The summed E-state index contributed by atoms with van der Waals surface area (Å²) >= 11 is 0. The van der Waals surface area contributed by atoms with Crippen molar-refractivity contribution < 1.29 is 10.0 Å². The Hall–Kier alpha value is -2.31. The van der Waals surface area contributed by atoms with Crippen LogP contribution in [0.2, 0.25) is 0 Å². The third kappa shape index (κ3) is 2.71. The Labute approximate surface area is 136 Å². The Kier molecular flexibility index (Phi) is 3.87. The topological polar surface area (TPSA) is 63.2 Å². The second kappa shape index (κ2) is 5.72. The number of aryl methyl sites for hydroxylation is 4. The quantitative estimate of drug-likeness (QED) is 0.722. The van der Waals surface area contributed by atoms with Crippen molar-refractivity contribution in [3.63, 3.8) is 0 Å². The summed E-state index contributed by atoms with van der Waals surface area (Å²) in [6.45, 7) is 8.01. The first-order valence-electron chi connectivity index (χ1n) is 7.57. The maximum atomic E-state index is 9.65. The maximum Gasteiger partial charge on any atom is 0.488 e. The molecule has 0 bridgehead atoms. The molecular weight excluding hydrogens is 289 g/mol. The number of hydrogen-bond donors (Lipinski definition) is 2. The van der Waals surface area contributed by atoms with E-state index in [1.165, 1.54) is 0 Å². The van der Waals surface area contributed by atoms with Gasteiger partial charge in [0.25, 0.3) is 0 Å². The van der Waals surface area contributed by atoms with E-state index < -0.39 is 7.12 Å². The SMILES string of the molecule is Cc1ccc(C)n1-c1cc(B(O)O)cc(-n2c(C)ccc2C)n1. The smallest absolute Gasteiger partial charge is 0.423 e. The molecule has 6 heteroatoms. The molecule has 0 aromatic carbocycles. The van der Waals surface area contributed by atoms with Crippen LogP contribution in [0, 0.1) is 27.7 Å². The molecule has 0 radical (unpaired) electrons. The van der Waals surface area contributed by atoms with Crippen LogP contribution in [-0.4, -0.2) is 31.3 Å². The zero-order valence-corrected chi connectivity index (χ0v) is 13.8. The van der Waals surface area contributed by atoms with Crippen LogP contribution in [0.5, 0.6) is 0 Å². The van der Waals surface area contributed by atoms with E-state index in [1.807, 2.05) is 61.1 Å². The van der Waals surface area contributed by atoms with Gasteiger partial charge in [-0.2, -0.15) is 0 Å². The standard InChI is InChI=1S/C17H20BN3O2/c1-11-5-6-12(2)20(11)16-9-15(18(22)23)10-17(19-16)21-13(3)7-8-14(21)4/h5-10,22-23H,1-4H3. The predicted octanol–water partition coefficient (Wildman–Crippen LogP) is 1.58. The van der Waals surface area contributed by atoms with Gasteiger partial charge in [-0.1, -0.05) is 0 Å². The summed E-state index contributed by atoms with van der Waals surface area (Å²) in [4.78, 5) is 4.75. The van der Waals surface area contributed by atoms with Crippen LogP contribution < -0.4 is 5.46 Å². The molecule has 0 saturated carbocycles. The Morgan fingerprint density at radius 3 is 1.39 bits per heavy atom. The van der Waals surface area contributed by atoms with Crippen molar-refractivity contribution >= 4 is 12.6 Å². The molecule has 5 nitrogen and oxygen atoms in total. The average molecular weight is 309 g/mol. The van der Waals surface area contributed by atoms with Gasteiger partial charge in [-0.15, -0.1) is 0 Å². The van der Waals surface area contributed by atoms with E-state index in [-0.39, 0.29) is 0 Å². The molecule has 0 spiro atoms. The zero-order chi connectivity index (χ0) is 16.7. The molecule has 0 atom stereocenters. The first-order valence-corrected chi connectivity index (χ1v) is 7.57. The number of aromatic nitrogens is 3. The van der Waals surface area contributed by atoms with Crippen LogP contribution >= 0.6 is 0 Å². The van der Waals surface area contributed by atoms with Crippen molar-refractivity contribution in [1.82, 2.24) is 14.1 Å². The van der Waals surface area contributed by atoms with E-state index in [9.17, 15) is 10.0 Å². The molecule has 23 heavy (non-hydrogen) atoms. The molecule has 3 heterocycles. The van der Waals surface area contributed by atoms with Gasteiger partial charge < -0.3 is 19.2 Å². The molecule has 2 N–H and O–H groups in total. The lowest BCUT2D eigenvalue weighted by Gasteiger charge is -2.15.